The Morgan fingerprint density at radius 1 is 1.62 bits per heavy atom. The van der Waals surface area contributed by atoms with Crippen LogP contribution in [0.25, 0.3) is 0 Å². The van der Waals surface area contributed by atoms with Gasteiger partial charge >= 0.3 is 0 Å². The fourth-order valence-corrected chi connectivity index (χ4v) is 1.07. The fourth-order valence-electron chi connectivity index (χ4n) is 0.548. The van der Waals surface area contributed by atoms with Crippen LogP contribution < -0.4 is 0 Å². The van der Waals surface area contributed by atoms with Gasteiger partial charge in [-0.1, -0.05) is 9.55 Å². The maximum absolute atomic E-state index is 11.4. The topological polar surface area (TPSA) is 61.5 Å². The number of nitrogens with zero attached hydrogens (tertiary/aromatic N) is 2. The first-order chi connectivity index (χ1) is 6.00. The van der Waals surface area contributed by atoms with E-state index in [0.29, 0.717) is 5.69 Å². The number of rotatable bonds is 2. The summed E-state index contributed by atoms with van der Waals surface area (Å²) in [6.45, 7) is 5.59. The first-order valence-corrected chi connectivity index (χ1v) is 4.97. The molecule has 0 aromatic carbocycles. The summed E-state index contributed by atoms with van der Waals surface area (Å²) >= 11 is -1.23. The van der Waals surface area contributed by atoms with Crippen molar-refractivity contribution in [2.75, 3.05) is 0 Å². The Labute approximate surface area is 80.3 Å². The molecule has 0 aliphatic rings. The number of hydrogen-bond donors (Lipinski definition) is 0. The lowest BCUT2D eigenvalue weighted by atomic mass is 10.3. The van der Waals surface area contributed by atoms with Crippen LogP contribution in [0.4, 0.5) is 0 Å². The third-order valence-electron chi connectivity index (χ3n) is 1.26. The van der Waals surface area contributed by atoms with Crippen LogP contribution in [0, 0.1) is 0 Å². The smallest absolute Gasteiger partial charge is 0.144 e. The van der Waals surface area contributed by atoms with Gasteiger partial charge in [0.15, 0.2) is 0 Å². The van der Waals surface area contributed by atoms with Crippen molar-refractivity contribution >= 4 is 17.6 Å². The van der Waals surface area contributed by atoms with Crippen LogP contribution in [0.1, 0.15) is 26.5 Å². The third-order valence-corrected chi connectivity index (χ3v) is 2.61. The maximum atomic E-state index is 11.4. The SMILES string of the molecule is CC(C)(C)[S+]([O-])/N=C/c1ccon1. The van der Waals surface area contributed by atoms with Crippen LogP contribution in [0.15, 0.2) is 21.3 Å². The molecule has 13 heavy (non-hydrogen) atoms. The van der Waals surface area contributed by atoms with E-state index in [2.05, 4.69) is 14.1 Å². The van der Waals surface area contributed by atoms with Gasteiger partial charge in [-0.05, 0) is 20.8 Å². The predicted molar refractivity (Wildman–Crippen MR) is 52.0 cm³/mol. The Bertz CT molecular complexity index is 277. The van der Waals surface area contributed by atoms with Crippen molar-refractivity contribution in [2.24, 2.45) is 4.40 Å². The molecule has 0 spiro atoms. The van der Waals surface area contributed by atoms with Gasteiger partial charge in [0.2, 0.25) is 0 Å². The molecule has 1 unspecified atom stereocenters. The van der Waals surface area contributed by atoms with Gasteiger partial charge in [0, 0.05) is 6.07 Å². The highest BCUT2D eigenvalue weighted by Gasteiger charge is 2.25. The lowest BCUT2D eigenvalue weighted by Gasteiger charge is -2.17. The second kappa shape index (κ2) is 3.93. The van der Waals surface area contributed by atoms with E-state index in [0.717, 1.165) is 0 Å². The van der Waals surface area contributed by atoms with Crippen molar-refractivity contribution in [1.82, 2.24) is 5.16 Å². The van der Waals surface area contributed by atoms with Gasteiger partial charge in [0.1, 0.15) is 34.3 Å². The lowest BCUT2D eigenvalue weighted by Crippen LogP contribution is -2.25. The summed E-state index contributed by atoms with van der Waals surface area (Å²) in [4.78, 5) is 0. The second-order valence-corrected chi connectivity index (χ2v) is 5.45. The molecule has 1 heterocycles. The molecule has 0 radical (unpaired) electrons. The van der Waals surface area contributed by atoms with E-state index in [4.69, 9.17) is 0 Å². The summed E-state index contributed by atoms with van der Waals surface area (Å²) in [6.07, 6.45) is 2.90. The molecule has 1 aromatic heterocycles. The predicted octanol–water partition coefficient (Wildman–Crippen LogP) is 1.56. The summed E-state index contributed by atoms with van der Waals surface area (Å²) in [7, 11) is 0. The Morgan fingerprint density at radius 3 is 2.77 bits per heavy atom. The average Bonchev–Trinajstić information content (AvgIpc) is 2.50. The number of hydrogen-bond acceptors (Lipinski definition) is 4. The molecule has 0 amide bonds. The van der Waals surface area contributed by atoms with E-state index in [-0.39, 0.29) is 4.75 Å². The Morgan fingerprint density at radius 2 is 2.31 bits per heavy atom. The van der Waals surface area contributed by atoms with Crippen molar-refractivity contribution in [2.45, 2.75) is 25.5 Å². The van der Waals surface area contributed by atoms with Crippen molar-refractivity contribution in [3.8, 4) is 0 Å². The van der Waals surface area contributed by atoms with Crippen LogP contribution in [0.3, 0.4) is 0 Å². The summed E-state index contributed by atoms with van der Waals surface area (Å²) in [5, 5.41) is 3.61. The van der Waals surface area contributed by atoms with Crippen LogP contribution in [-0.4, -0.2) is 20.7 Å². The Balaban J connectivity index is 2.59. The van der Waals surface area contributed by atoms with Gasteiger partial charge in [-0.3, -0.25) is 0 Å². The molecule has 0 bridgehead atoms. The van der Waals surface area contributed by atoms with E-state index in [1.165, 1.54) is 12.5 Å². The Kier molecular flexibility index (Phi) is 3.11. The zero-order valence-corrected chi connectivity index (χ0v) is 8.67. The van der Waals surface area contributed by atoms with E-state index >= 15 is 0 Å². The molecule has 0 aliphatic heterocycles. The van der Waals surface area contributed by atoms with Gasteiger partial charge in [0.25, 0.3) is 0 Å². The molecule has 4 nitrogen and oxygen atoms in total. The maximum Gasteiger partial charge on any atom is 0.144 e. The third kappa shape index (κ3) is 3.20. The van der Waals surface area contributed by atoms with E-state index in [1.807, 2.05) is 20.8 Å². The highest BCUT2D eigenvalue weighted by Crippen LogP contribution is 2.16. The molecule has 1 rings (SSSR count). The van der Waals surface area contributed by atoms with E-state index < -0.39 is 11.4 Å². The molecule has 72 valence electrons. The fraction of sp³-hybridized carbons (Fsp3) is 0.500. The first-order valence-electron chi connectivity index (χ1n) is 3.86. The van der Waals surface area contributed by atoms with Crippen molar-refractivity contribution in [3.63, 3.8) is 0 Å². The zero-order valence-electron chi connectivity index (χ0n) is 7.85. The standard InChI is InChI=1S/C8H12N2O2S/c1-8(2,3)13(11)9-6-7-4-5-12-10-7/h4-6H,1-3H3/b9-6+. The monoisotopic (exact) mass is 200 g/mol. The quantitative estimate of drug-likeness (QED) is 0.537. The summed E-state index contributed by atoms with van der Waals surface area (Å²) in [5.41, 5.74) is 0.581. The van der Waals surface area contributed by atoms with E-state index in [1.54, 1.807) is 6.07 Å². The Hall–Kier alpha value is -0.810. The number of aromatic nitrogens is 1. The molecular formula is C8H12N2O2S. The van der Waals surface area contributed by atoms with Crippen molar-refractivity contribution in [1.29, 1.82) is 0 Å². The minimum Gasteiger partial charge on any atom is -0.591 e. The largest absolute Gasteiger partial charge is 0.591 e. The second-order valence-electron chi connectivity index (χ2n) is 3.52. The van der Waals surface area contributed by atoms with Crippen molar-refractivity contribution in [3.05, 3.63) is 18.0 Å². The zero-order chi connectivity index (χ0) is 9.90. The lowest BCUT2D eigenvalue weighted by molar-refractivity contribution is 0.419. The molecule has 0 fully saturated rings. The molecule has 0 aliphatic carbocycles. The van der Waals surface area contributed by atoms with Crippen LogP contribution >= 0.6 is 0 Å². The minimum atomic E-state index is -1.23. The molecule has 0 N–H and O–H groups in total. The first kappa shape index (κ1) is 10.3. The van der Waals surface area contributed by atoms with Gasteiger partial charge in [-0.2, -0.15) is 0 Å². The molecule has 1 atom stereocenters. The van der Waals surface area contributed by atoms with Crippen LogP contribution in [-0.2, 0) is 11.4 Å². The van der Waals surface area contributed by atoms with E-state index in [9.17, 15) is 4.55 Å². The molecule has 0 saturated heterocycles. The molecule has 1 aromatic rings. The molecular weight excluding hydrogens is 188 g/mol. The summed E-state index contributed by atoms with van der Waals surface area (Å²) in [6, 6.07) is 1.66. The van der Waals surface area contributed by atoms with Gasteiger partial charge in [-0.25, -0.2) is 0 Å². The highest BCUT2D eigenvalue weighted by atomic mass is 32.2. The van der Waals surface area contributed by atoms with Crippen molar-refractivity contribution < 1.29 is 9.08 Å². The van der Waals surface area contributed by atoms with Gasteiger partial charge in [-0.15, -0.1) is 0 Å². The van der Waals surface area contributed by atoms with Crippen LogP contribution in [0.5, 0.6) is 0 Å². The highest BCUT2D eigenvalue weighted by molar-refractivity contribution is 7.91. The minimum absolute atomic E-state index is 0.333. The average molecular weight is 200 g/mol. The normalized spacial score (nSPS) is 15.1. The summed E-state index contributed by atoms with van der Waals surface area (Å²) < 4.78 is 19.5. The van der Waals surface area contributed by atoms with Crippen LogP contribution in [0.2, 0.25) is 0 Å². The molecule has 5 heteroatoms. The van der Waals surface area contributed by atoms with Gasteiger partial charge < -0.3 is 9.08 Å². The molecule has 0 saturated carbocycles. The van der Waals surface area contributed by atoms with Gasteiger partial charge in [0.05, 0.1) is 0 Å². The summed E-state index contributed by atoms with van der Waals surface area (Å²) in [5.74, 6) is 0.